The van der Waals surface area contributed by atoms with Gasteiger partial charge in [0.15, 0.2) is 11.2 Å². The van der Waals surface area contributed by atoms with E-state index in [-0.39, 0.29) is 28.9 Å². The van der Waals surface area contributed by atoms with Crippen LogP contribution in [0.25, 0.3) is 11.2 Å². The first-order chi connectivity index (χ1) is 17.8. The lowest BCUT2D eigenvalue weighted by molar-refractivity contribution is 0.108. The molecule has 0 unspecified atom stereocenters. The van der Waals surface area contributed by atoms with Crippen molar-refractivity contribution in [2.75, 3.05) is 32.7 Å². The Kier molecular flexibility index (Phi) is 7.03. The number of hydrogen-bond donors (Lipinski definition) is 0. The molecule has 2 aromatic carbocycles. The molecule has 0 N–H and O–H groups in total. The Labute approximate surface area is 213 Å². The Balaban J connectivity index is 1.24. The van der Waals surface area contributed by atoms with Crippen molar-refractivity contribution in [3.63, 3.8) is 0 Å². The fourth-order valence-electron chi connectivity index (χ4n) is 5.18. The van der Waals surface area contributed by atoms with Crippen molar-refractivity contribution in [2.24, 2.45) is 14.1 Å². The van der Waals surface area contributed by atoms with Gasteiger partial charge in [0.05, 0.1) is 12.4 Å². The number of hydrogen-bond acceptors (Lipinski definition) is 5. The minimum absolute atomic E-state index is 0.0801. The van der Waals surface area contributed by atoms with Gasteiger partial charge in [0.2, 0.25) is 0 Å². The molecule has 1 fully saturated rings. The summed E-state index contributed by atoms with van der Waals surface area (Å²) < 4.78 is 31.5. The lowest BCUT2D eigenvalue weighted by Crippen LogP contribution is -2.48. The first-order valence-electron chi connectivity index (χ1n) is 12.4. The summed E-state index contributed by atoms with van der Waals surface area (Å²) in [6.07, 6.45) is 2.45. The fourth-order valence-corrected chi connectivity index (χ4v) is 5.18. The van der Waals surface area contributed by atoms with Crippen LogP contribution in [-0.2, 0) is 20.6 Å². The molecular weight excluding hydrogens is 478 g/mol. The monoisotopic (exact) mass is 508 g/mol. The molecular formula is C27H30F2N6O2. The van der Waals surface area contributed by atoms with Crippen LogP contribution in [0.5, 0.6) is 0 Å². The van der Waals surface area contributed by atoms with E-state index in [0.717, 1.165) is 54.8 Å². The van der Waals surface area contributed by atoms with E-state index in [1.54, 1.807) is 37.6 Å². The normalized spacial score (nSPS) is 15.2. The van der Waals surface area contributed by atoms with Crippen molar-refractivity contribution < 1.29 is 8.78 Å². The smallest absolute Gasteiger partial charge is 0.325 e. The molecule has 37 heavy (non-hydrogen) atoms. The SMILES string of the molecule is Cn1c(=O)c2c(ncn2CCCN2CCN(C(c3ccc(F)cc3)c3ccc(F)cc3)CC2)n(C)c1=O. The van der Waals surface area contributed by atoms with Gasteiger partial charge in [-0.15, -0.1) is 0 Å². The number of aromatic nitrogens is 4. The highest BCUT2D eigenvalue weighted by molar-refractivity contribution is 5.69. The minimum Gasteiger partial charge on any atom is -0.325 e. The van der Waals surface area contributed by atoms with Gasteiger partial charge >= 0.3 is 5.69 Å². The van der Waals surface area contributed by atoms with Crippen molar-refractivity contribution in [3.05, 3.63) is 98.5 Å². The summed E-state index contributed by atoms with van der Waals surface area (Å²) in [6.45, 7) is 4.83. The molecule has 3 heterocycles. The number of benzene rings is 2. The molecule has 194 valence electrons. The van der Waals surface area contributed by atoms with E-state index in [0.29, 0.717) is 17.7 Å². The molecule has 0 atom stereocenters. The Morgan fingerprint density at radius 3 is 1.95 bits per heavy atom. The molecule has 0 bridgehead atoms. The fraction of sp³-hybridized carbons (Fsp3) is 0.370. The Bertz CT molecular complexity index is 1450. The average molecular weight is 509 g/mol. The van der Waals surface area contributed by atoms with Crippen LogP contribution >= 0.6 is 0 Å². The molecule has 10 heteroatoms. The van der Waals surface area contributed by atoms with Crippen molar-refractivity contribution in [1.29, 1.82) is 0 Å². The van der Waals surface area contributed by atoms with E-state index < -0.39 is 0 Å². The molecule has 5 rings (SSSR count). The van der Waals surface area contributed by atoms with Crippen LogP contribution < -0.4 is 11.2 Å². The van der Waals surface area contributed by atoms with E-state index in [2.05, 4.69) is 14.8 Å². The number of imidazole rings is 1. The summed E-state index contributed by atoms with van der Waals surface area (Å²) in [5, 5.41) is 0. The minimum atomic E-state index is -0.389. The van der Waals surface area contributed by atoms with Gasteiger partial charge in [-0.3, -0.25) is 18.8 Å². The van der Waals surface area contributed by atoms with Gasteiger partial charge in [0.1, 0.15) is 11.6 Å². The second-order valence-electron chi connectivity index (χ2n) is 9.55. The van der Waals surface area contributed by atoms with Gasteiger partial charge in [-0.05, 0) is 48.4 Å². The van der Waals surface area contributed by atoms with Crippen LogP contribution in [0.4, 0.5) is 8.78 Å². The predicted octanol–water partition coefficient (Wildman–Crippen LogP) is 2.51. The average Bonchev–Trinajstić information content (AvgIpc) is 3.33. The molecule has 0 spiro atoms. The predicted molar refractivity (Wildman–Crippen MR) is 137 cm³/mol. The zero-order chi connectivity index (χ0) is 26.1. The summed E-state index contributed by atoms with van der Waals surface area (Å²) in [5.41, 5.74) is 2.07. The Morgan fingerprint density at radius 2 is 1.38 bits per heavy atom. The first-order valence-corrected chi connectivity index (χ1v) is 12.4. The van der Waals surface area contributed by atoms with E-state index in [9.17, 15) is 18.4 Å². The molecule has 0 amide bonds. The number of halogens is 2. The maximum Gasteiger partial charge on any atom is 0.332 e. The molecule has 8 nitrogen and oxygen atoms in total. The van der Waals surface area contributed by atoms with E-state index >= 15 is 0 Å². The van der Waals surface area contributed by atoms with Crippen LogP contribution in [0.15, 0.2) is 64.4 Å². The molecule has 0 aliphatic carbocycles. The zero-order valence-corrected chi connectivity index (χ0v) is 21.0. The third kappa shape index (κ3) is 4.99. The number of rotatable bonds is 7. The molecule has 1 aliphatic heterocycles. The molecule has 0 radical (unpaired) electrons. The van der Waals surface area contributed by atoms with E-state index in [4.69, 9.17) is 0 Å². The highest BCUT2D eigenvalue weighted by atomic mass is 19.1. The van der Waals surface area contributed by atoms with Crippen molar-refractivity contribution in [2.45, 2.75) is 19.0 Å². The summed E-state index contributed by atoms with van der Waals surface area (Å²) in [4.78, 5) is 33.8. The van der Waals surface area contributed by atoms with Gasteiger partial charge in [0, 0.05) is 46.8 Å². The second kappa shape index (κ2) is 10.4. The van der Waals surface area contributed by atoms with Crippen molar-refractivity contribution in [1.82, 2.24) is 28.5 Å². The molecule has 2 aromatic heterocycles. The largest absolute Gasteiger partial charge is 0.332 e. The third-order valence-corrected chi connectivity index (χ3v) is 7.23. The number of aryl methyl sites for hydroxylation is 2. The zero-order valence-electron chi connectivity index (χ0n) is 21.0. The van der Waals surface area contributed by atoms with Crippen LogP contribution in [0.2, 0.25) is 0 Å². The molecule has 1 saturated heterocycles. The molecule has 4 aromatic rings. The molecule has 1 aliphatic rings. The summed E-state index contributed by atoms with van der Waals surface area (Å²) in [7, 11) is 3.10. The summed E-state index contributed by atoms with van der Waals surface area (Å²) in [5.74, 6) is -0.561. The lowest BCUT2D eigenvalue weighted by atomic mass is 9.96. The van der Waals surface area contributed by atoms with Gasteiger partial charge in [-0.2, -0.15) is 0 Å². The quantitative estimate of drug-likeness (QED) is 0.384. The maximum absolute atomic E-state index is 13.6. The van der Waals surface area contributed by atoms with Crippen molar-refractivity contribution >= 4 is 11.2 Å². The van der Waals surface area contributed by atoms with Gasteiger partial charge in [-0.25, -0.2) is 18.6 Å². The van der Waals surface area contributed by atoms with Crippen molar-refractivity contribution in [3.8, 4) is 0 Å². The Morgan fingerprint density at radius 1 is 0.811 bits per heavy atom. The number of piperazine rings is 1. The highest BCUT2D eigenvalue weighted by Crippen LogP contribution is 2.30. The Hall–Kier alpha value is -3.63. The van der Waals surface area contributed by atoms with Crippen LogP contribution in [0.3, 0.4) is 0 Å². The van der Waals surface area contributed by atoms with Crippen LogP contribution in [0.1, 0.15) is 23.6 Å². The highest BCUT2D eigenvalue weighted by Gasteiger charge is 2.26. The van der Waals surface area contributed by atoms with Crippen LogP contribution in [-0.4, -0.2) is 61.2 Å². The number of fused-ring (bicyclic) bond motifs is 1. The third-order valence-electron chi connectivity index (χ3n) is 7.23. The second-order valence-corrected chi connectivity index (χ2v) is 9.55. The van der Waals surface area contributed by atoms with E-state index in [1.165, 1.54) is 35.9 Å². The first kappa shape index (κ1) is 25.0. The topological polar surface area (TPSA) is 68.3 Å². The standard InChI is InChI=1S/C27H30F2N6O2/c1-31-25-24(26(36)32(2)27(31)37)35(18-30-25)13-3-12-33-14-16-34(17-15-33)23(19-4-8-21(28)9-5-19)20-6-10-22(29)11-7-20/h4-11,18,23H,3,12-17H2,1-2H3. The van der Waals surface area contributed by atoms with Gasteiger partial charge < -0.3 is 9.47 Å². The van der Waals surface area contributed by atoms with Crippen LogP contribution in [0, 0.1) is 11.6 Å². The maximum atomic E-state index is 13.6. The van der Waals surface area contributed by atoms with E-state index in [1.807, 2.05) is 4.57 Å². The lowest BCUT2D eigenvalue weighted by Gasteiger charge is -2.40. The molecule has 0 saturated carbocycles. The number of nitrogens with zero attached hydrogens (tertiary/aromatic N) is 6. The van der Waals surface area contributed by atoms with Gasteiger partial charge in [0.25, 0.3) is 5.56 Å². The van der Waals surface area contributed by atoms with Gasteiger partial charge in [-0.1, -0.05) is 24.3 Å². The summed E-state index contributed by atoms with van der Waals surface area (Å²) in [6, 6.07) is 13.0. The summed E-state index contributed by atoms with van der Waals surface area (Å²) >= 11 is 0.